The van der Waals surface area contributed by atoms with Gasteiger partial charge in [-0.25, -0.2) is 8.42 Å². The third-order valence-electron chi connectivity index (χ3n) is 5.19. The van der Waals surface area contributed by atoms with E-state index in [0.717, 1.165) is 29.8 Å². The highest BCUT2D eigenvalue weighted by Crippen LogP contribution is 2.33. The standard InChI is InChI=1S/C24H24ClN3O3S/c1-28-15-18-5-3-4-6-22(18)24(17-7-9-19(25)10-8-17)26-23(28)16-31-21-13-11-20(12-14-21)27-32(2,29)30/h3-14,24,27H,15-16H2,1-2H3. The van der Waals surface area contributed by atoms with Gasteiger partial charge in [0, 0.05) is 24.3 Å². The number of sulfonamides is 1. The zero-order valence-electron chi connectivity index (χ0n) is 17.8. The first-order valence-corrected chi connectivity index (χ1v) is 12.4. The van der Waals surface area contributed by atoms with Crippen LogP contribution in [-0.4, -0.2) is 39.1 Å². The molecule has 1 aliphatic heterocycles. The lowest BCUT2D eigenvalue weighted by Crippen LogP contribution is -2.30. The van der Waals surface area contributed by atoms with Crippen LogP contribution in [0.4, 0.5) is 5.69 Å². The molecule has 0 saturated heterocycles. The van der Waals surface area contributed by atoms with E-state index in [-0.39, 0.29) is 12.6 Å². The molecule has 1 unspecified atom stereocenters. The number of aliphatic imine (C=N–C) groups is 1. The fourth-order valence-corrected chi connectivity index (χ4v) is 4.33. The number of hydrogen-bond donors (Lipinski definition) is 1. The number of benzene rings is 3. The first-order chi connectivity index (χ1) is 15.3. The summed E-state index contributed by atoms with van der Waals surface area (Å²) in [5, 5.41) is 0.689. The molecule has 1 N–H and O–H groups in total. The van der Waals surface area contributed by atoms with Crippen molar-refractivity contribution in [2.45, 2.75) is 12.6 Å². The van der Waals surface area contributed by atoms with E-state index in [1.54, 1.807) is 24.3 Å². The number of halogens is 1. The summed E-state index contributed by atoms with van der Waals surface area (Å²) in [7, 11) is -1.31. The van der Waals surface area contributed by atoms with Gasteiger partial charge in [0.1, 0.15) is 24.2 Å². The van der Waals surface area contributed by atoms with Crippen molar-refractivity contribution >= 4 is 33.1 Å². The molecule has 166 valence electrons. The molecule has 8 heteroatoms. The molecule has 1 heterocycles. The van der Waals surface area contributed by atoms with Crippen molar-refractivity contribution in [3.05, 3.63) is 94.5 Å². The van der Waals surface area contributed by atoms with Gasteiger partial charge in [0.05, 0.1) is 6.26 Å². The molecule has 0 amide bonds. The molecule has 3 aromatic rings. The maximum Gasteiger partial charge on any atom is 0.229 e. The van der Waals surface area contributed by atoms with Crippen molar-refractivity contribution in [2.75, 3.05) is 24.6 Å². The largest absolute Gasteiger partial charge is 0.486 e. The molecule has 0 saturated carbocycles. The quantitative estimate of drug-likeness (QED) is 0.566. The van der Waals surface area contributed by atoms with Gasteiger partial charge < -0.3 is 9.64 Å². The zero-order chi connectivity index (χ0) is 22.7. The van der Waals surface area contributed by atoms with Crippen LogP contribution in [0.5, 0.6) is 5.75 Å². The summed E-state index contributed by atoms with van der Waals surface area (Å²) in [6.45, 7) is 1.01. The van der Waals surface area contributed by atoms with E-state index in [4.69, 9.17) is 21.3 Å². The Hall–Kier alpha value is -3.03. The molecule has 0 aliphatic carbocycles. The Morgan fingerprint density at radius 2 is 1.75 bits per heavy atom. The van der Waals surface area contributed by atoms with Gasteiger partial charge in [-0.2, -0.15) is 0 Å². The predicted molar refractivity (Wildman–Crippen MR) is 129 cm³/mol. The molecule has 6 nitrogen and oxygen atoms in total. The minimum atomic E-state index is -3.32. The number of fused-ring (bicyclic) bond motifs is 1. The monoisotopic (exact) mass is 469 g/mol. The second kappa shape index (κ2) is 9.22. The molecule has 1 atom stereocenters. The number of anilines is 1. The lowest BCUT2D eigenvalue weighted by atomic mass is 9.95. The van der Waals surface area contributed by atoms with Crippen molar-refractivity contribution in [1.82, 2.24) is 4.90 Å². The van der Waals surface area contributed by atoms with Gasteiger partial charge in [0.2, 0.25) is 10.0 Å². The summed E-state index contributed by atoms with van der Waals surface area (Å²) in [5.41, 5.74) is 3.92. The molecule has 1 aliphatic rings. The second-order valence-electron chi connectivity index (χ2n) is 7.74. The van der Waals surface area contributed by atoms with E-state index in [1.165, 1.54) is 5.56 Å². The van der Waals surface area contributed by atoms with Gasteiger partial charge in [-0.1, -0.05) is 48.0 Å². The molecule has 32 heavy (non-hydrogen) atoms. The number of hydrogen-bond acceptors (Lipinski definition) is 5. The Balaban J connectivity index is 1.58. The van der Waals surface area contributed by atoms with E-state index >= 15 is 0 Å². The zero-order valence-corrected chi connectivity index (χ0v) is 19.4. The van der Waals surface area contributed by atoms with Gasteiger partial charge in [0.25, 0.3) is 0 Å². The molecule has 0 spiro atoms. The van der Waals surface area contributed by atoms with Crippen LogP contribution < -0.4 is 9.46 Å². The summed E-state index contributed by atoms with van der Waals surface area (Å²) in [6, 6.07) is 22.7. The molecular formula is C24H24ClN3O3S. The Labute approximate surface area is 193 Å². The van der Waals surface area contributed by atoms with E-state index in [0.29, 0.717) is 16.5 Å². The second-order valence-corrected chi connectivity index (χ2v) is 9.93. The van der Waals surface area contributed by atoms with E-state index < -0.39 is 10.0 Å². The van der Waals surface area contributed by atoms with Crippen molar-refractivity contribution in [2.24, 2.45) is 4.99 Å². The fourth-order valence-electron chi connectivity index (χ4n) is 3.64. The number of nitrogens with one attached hydrogen (secondary N) is 1. The highest BCUT2D eigenvalue weighted by atomic mass is 35.5. The van der Waals surface area contributed by atoms with Crippen molar-refractivity contribution in [3.8, 4) is 5.75 Å². The normalized spacial score (nSPS) is 16.0. The summed E-state index contributed by atoms with van der Waals surface area (Å²) in [6.07, 6.45) is 1.12. The minimum absolute atomic E-state index is 0.159. The van der Waals surface area contributed by atoms with Crippen LogP contribution in [0, 0.1) is 0 Å². The first-order valence-electron chi connectivity index (χ1n) is 10.1. The topological polar surface area (TPSA) is 71.0 Å². The molecule has 0 radical (unpaired) electrons. The van der Waals surface area contributed by atoms with Crippen LogP contribution in [0.3, 0.4) is 0 Å². The molecule has 4 rings (SSSR count). The SMILES string of the molecule is CN1Cc2ccccc2C(c2ccc(Cl)cc2)N=C1COc1ccc(NS(C)(=O)=O)cc1. The third-order valence-corrected chi connectivity index (χ3v) is 6.05. The van der Waals surface area contributed by atoms with Crippen LogP contribution in [0.1, 0.15) is 22.7 Å². The number of rotatable bonds is 6. The van der Waals surface area contributed by atoms with Gasteiger partial charge in [-0.15, -0.1) is 0 Å². The number of nitrogens with zero attached hydrogens (tertiary/aromatic N) is 2. The average Bonchev–Trinajstić information content (AvgIpc) is 2.89. The molecule has 0 bridgehead atoms. The smallest absolute Gasteiger partial charge is 0.229 e. The Bertz CT molecular complexity index is 1230. The molecular weight excluding hydrogens is 446 g/mol. The average molecular weight is 470 g/mol. The van der Waals surface area contributed by atoms with Crippen molar-refractivity contribution < 1.29 is 13.2 Å². The lowest BCUT2D eigenvalue weighted by Gasteiger charge is -2.20. The third kappa shape index (κ3) is 5.41. The number of amidine groups is 1. The van der Waals surface area contributed by atoms with Crippen molar-refractivity contribution in [3.63, 3.8) is 0 Å². The molecule has 0 fully saturated rings. The first kappa shape index (κ1) is 22.2. The van der Waals surface area contributed by atoms with Crippen LogP contribution in [0.2, 0.25) is 5.02 Å². The summed E-state index contributed by atoms with van der Waals surface area (Å²) < 4.78 is 31.2. The predicted octanol–water partition coefficient (Wildman–Crippen LogP) is 4.72. The van der Waals surface area contributed by atoms with Crippen LogP contribution in [0.25, 0.3) is 0 Å². The Morgan fingerprint density at radius 3 is 2.44 bits per heavy atom. The van der Waals surface area contributed by atoms with E-state index in [9.17, 15) is 8.42 Å². The lowest BCUT2D eigenvalue weighted by molar-refractivity contribution is 0.349. The molecule has 0 aromatic heterocycles. The Kier molecular flexibility index (Phi) is 6.39. The summed E-state index contributed by atoms with van der Waals surface area (Å²) in [5.74, 6) is 1.45. The van der Waals surface area contributed by atoms with Crippen LogP contribution in [-0.2, 0) is 16.6 Å². The van der Waals surface area contributed by atoms with E-state index in [1.807, 2.05) is 43.4 Å². The number of likely N-dealkylation sites (N-methyl/N-ethyl adjacent to an activating group) is 1. The van der Waals surface area contributed by atoms with Gasteiger partial charge in [-0.3, -0.25) is 9.71 Å². The van der Waals surface area contributed by atoms with Gasteiger partial charge in [0.15, 0.2) is 0 Å². The van der Waals surface area contributed by atoms with E-state index in [2.05, 4.69) is 21.8 Å². The van der Waals surface area contributed by atoms with Gasteiger partial charge >= 0.3 is 0 Å². The summed E-state index contributed by atoms with van der Waals surface area (Å²) >= 11 is 6.10. The van der Waals surface area contributed by atoms with Gasteiger partial charge in [-0.05, 0) is 53.1 Å². The highest BCUT2D eigenvalue weighted by Gasteiger charge is 2.23. The minimum Gasteiger partial charge on any atom is -0.486 e. The van der Waals surface area contributed by atoms with Crippen molar-refractivity contribution in [1.29, 1.82) is 0 Å². The maximum atomic E-state index is 11.4. The summed E-state index contributed by atoms with van der Waals surface area (Å²) in [4.78, 5) is 7.15. The van der Waals surface area contributed by atoms with Crippen LogP contribution >= 0.6 is 11.6 Å². The Morgan fingerprint density at radius 1 is 1.06 bits per heavy atom. The van der Waals surface area contributed by atoms with Crippen LogP contribution in [0.15, 0.2) is 77.8 Å². The number of ether oxygens (including phenoxy) is 1. The highest BCUT2D eigenvalue weighted by molar-refractivity contribution is 7.92. The maximum absolute atomic E-state index is 11.4. The molecule has 3 aromatic carbocycles. The fraction of sp³-hybridized carbons (Fsp3) is 0.208.